The van der Waals surface area contributed by atoms with Crippen LogP contribution >= 0.6 is 0 Å². The van der Waals surface area contributed by atoms with Gasteiger partial charge in [-0.2, -0.15) is 0 Å². The minimum Gasteiger partial charge on any atom is -0.481 e. The highest BCUT2D eigenvalue weighted by Gasteiger charge is 2.24. The Bertz CT molecular complexity index is 1180. The highest BCUT2D eigenvalue weighted by molar-refractivity contribution is 5.81. The van der Waals surface area contributed by atoms with Crippen LogP contribution in [0.4, 0.5) is 0 Å². The average Bonchev–Trinajstić information content (AvgIpc) is 3.15. The molecule has 0 unspecified atom stereocenters. The number of pyridine rings is 1. The third-order valence-corrected chi connectivity index (χ3v) is 6.10. The molecule has 0 aliphatic carbocycles. The van der Waals surface area contributed by atoms with Gasteiger partial charge in [0, 0.05) is 38.6 Å². The number of nitrogens with zero attached hydrogens (tertiary/aromatic N) is 3. The fraction of sp³-hybridized carbons (Fsp3) is 0.480. The van der Waals surface area contributed by atoms with Gasteiger partial charge in [0.1, 0.15) is 5.82 Å². The highest BCUT2D eigenvalue weighted by atomic mass is 16.5. The normalized spacial score (nSPS) is 13.5. The second kappa shape index (κ2) is 10.9. The minimum atomic E-state index is -1.00. The molecular formula is C25H33N3O6. The van der Waals surface area contributed by atoms with E-state index in [0.717, 1.165) is 22.2 Å². The molecule has 2 atom stereocenters. The molecule has 0 saturated carbocycles. The average molecular weight is 472 g/mol. The van der Waals surface area contributed by atoms with Gasteiger partial charge in [-0.15, -0.1) is 0 Å². The Kier molecular flexibility index (Phi) is 8.24. The number of carbonyl (C=O) groups is 1. The van der Waals surface area contributed by atoms with E-state index in [2.05, 4.69) is 4.57 Å². The molecule has 2 aromatic heterocycles. The maximum atomic E-state index is 12.3. The van der Waals surface area contributed by atoms with Crippen molar-refractivity contribution in [1.82, 2.24) is 14.1 Å². The highest BCUT2D eigenvalue weighted by Crippen LogP contribution is 2.30. The summed E-state index contributed by atoms with van der Waals surface area (Å²) >= 11 is 0. The zero-order valence-electron chi connectivity index (χ0n) is 20.3. The molecule has 9 nitrogen and oxygen atoms in total. The zero-order chi connectivity index (χ0) is 25.0. The van der Waals surface area contributed by atoms with Crippen molar-refractivity contribution in [2.75, 3.05) is 27.4 Å². The van der Waals surface area contributed by atoms with E-state index in [1.807, 2.05) is 24.3 Å². The summed E-state index contributed by atoms with van der Waals surface area (Å²) in [7, 11) is 4.99. The van der Waals surface area contributed by atoms with E-state index in [1.54, 1.807) is 39.0 Å². The summed E-state index contributed by atoms with van der Waals surface area (Å²) in [4.78, 5) is 28.6. The van der Waals surface area contributed by atoms with E-state index in [0.29, 0.717) is 37.4 Å². The van der Waals surface area contributed by atoms with Crippen LogP contribution in [0, 0.1) is 12.8 Å². The Morgan fingerprint density at radius 3 is 2.41 bits per heavy atom. The van der Waals surface area contributed by atoms with Crippen molar-refractivity contribution in [2.45, 2.75) is 38.8 Å². The summed E-state index contributed by atoms with van der Waals surface area (Å²) in [5, 5.41) is 19.1. The monoisotopic (exact) mass is 471 g/mol. The smallest absolute Gasteiger partial charge is 0.309 e. The lowest BCUT2D eigenvalue weighted by atomic mass is 9.95. The maximum absolute atomic E-state index is 12.3. The summed E-state index contributed by atoms with van der Waals surface area (Å²) in [6.07, 6.45) is 1.66. The van der Waals surface area contributed by atoms with Gasteiger partial charge >= 0.3 is 5.97 Å². The fourth-order valence-electron chi connectivity index (χ4n) is 4.35. The number of hydrogen-bond acceptors (Lipinski definition) is 6. The number of aromatic nitrogens is 3. The van der Waals surface area contributed by atoms with E-state index in [9.17, 15) is 19.8 Å². The Morgan fingerprint density at radius 1 is 1.18 bits per heavy atom. The van der Waals surface area contributed by atoms with Gasteiger partial charge in [0.2, 0.25) is 0 Å². The van der Waals surface area contributed by atoms with Crippen molar-refractivity contribution in [3.63, 3.8) is 0 Å². The molecule has 184 valence electrons. The van der Waals surface area contributed by atoms with Crippen LogP contribution in [0.15, 0.2) is 35.3 Å². The van der Waals surface area contributed by atoms with Gasteiger partial charge in [0.25, 0.3) is 5.56 Å². The molecular weight excluding hydrogens is 438 g/mol. The molecule has 0 saturated heterocycles. The first kappa shape index (κ1) is 25.6. The van der Waals surface area contributed by atoms with Crippen LogP contribution in [0.3, 0.4) is 0 Å². The molecule has 0 fully saturated rings. The Morgan fingerprint density at radius 2 is 1.85 bits per heavy atom. The van der Waals surface area contributed by atoms with Gasteiger partial charge in [-0.05, 0) is 50.5 Å². The standard InChI is InChI=1S/C25H33N3O6/c1-15-10-18(12-27(3)24(15)30)23-26-21-11-17(6-8-20(16(2)29)25(31)32)7-9-22(21)28(23)19(13-33-4)14-34-5/h7,9-12,16,19-20,29H,6,8,13-14H2,1-5H3,(H,31,32)/t16-,20+/m1/s1. The zero-order valence-corrected chi connectivity index (χ0v) is 20.3. The van der Waals surface area contributed by atoms with E-state index in [1.165, 1.54) is 6.92 Å². The molecule has 3 rings (SSSR count). The number of aliphatic hydroxyl groups is 1. The number of aliphatic hydroxyl groups excluding tert-OH is 1. The van der Waals surface area contributed by atoms with Crippen LogP contribution in [0.1, 0.15) is 30.5 Å². The van der Waals surface area contributed by atoms with Crippen LogP contribution in [0.2, 0.25) is 0 Å². The van der Waals surface area contributed by atoms with Crippen LogP contribution in [0.5, 0.6) is 0 Å². The second-order valence-electron chi connectivity index (χ2n) is 8.74. The molecule has 0 bridgehead atoms. The maximum Gasteiger partial charge on any atom is 0.309 e. The van der Waals surface area contributed by atoms with Gasteiger partial charge in [0.05, 0.1) is 42.3 Å². The molecule has 0 aliphatic rings. The predicted molar refractivity (Wildman–Crippen MR) is 129 cm³/mol. The number of imidazole rings is 1. The quantitative estimate of drug-likeness (QED) is 0.442. The van der Waals surface area contributed by atoms with E-state index in [-0.39, 0.29) is 11.6 Å². The Balaban J connectivity index is 2.11. The molecule has 1 aromatic carbocycles. The number of aliphatic carboxylic acids is 1. The lowest BCUT2D eigenvalue weighted by Crippen LogP contribution is -2.26. The number of methoxy groups -OCH3 is 2. The molecule has 0 aliphatic heterocycles. The van der Waals surface area contributed by atoms with Crippen molar-refractivity contribution in [3.05, 3.63) is 51.9 Å². The molecule has 0 spiro atoms. The minimum absolute atomic E-state index is 0.0647. The lowest BCUT2D eigenvalue weighted by Gasteiger charge is -2.21. The SMILES string of the molecule is COCC(COC)n1c(-c2cc(C)c(=O)n(C)c2)nc2cc(CC[C@H](C(=O)O)[C@@H](C)O)ccc21. The number of aryl methyl sites for hydroxylation is 3. The fourth-order valence-corrected chi connectivity index (χ4v) is 4.35. The van der Waals surface area contributed by atoms with E-state index >= 15 is 0 Å². The third-order valence-electron chi connectivity index (χ3n) is 6.10. The lowest BCUT2D eigenvalue weighted by molar-refractivity contribution is -0.145. The molecule has 3 aromatic rings. The molecule has 34 heavy (non-hydrogen) atoms. The number of fused-ring (bicyclic) bond motifs is 1. The molecule has 0 amide bonds. The largest absolute Gasteiger partial charge is 0.481 e. The number of rotatable bonds is 11. The second-order valence-corrected chi connectivity index (χ2v) is 8.74. The summed E-state index contributed by atoms with van der Waals surface area (Å²) in [5.41, 5.74) is 3.92. The number of benzene rings is 1. The van der Waals surface area contributed by atoms with Gasteiger partial charge in [-0.25, -0.2) is 4.98 Å². The summed E-state index contributed by atoms with van der Waals surface area (Å²) in [5.74, 6) is -1.14. The van der Waals surface area contributed by atoms with E-state index in [4.69, 9.17) is 14.5 Å². The molecule has 2 heterocycles. The first-order chi connectivity index (χ1) is 16.2. The first-order valence-corrected chi connectivity index (χ1v) is 11.2. The topological polar surface area (TPSA) is 116 Å². The Hall–Kier alpha value is -3.01. The summed E-state index contributed by atoms with van der Waals surface area (Å²) < 4.78 is 14.5. The van der Waals surface area contributed by atoms with Crippen molar-refractivity contribution in [2.24, 2.45) is 13.0 Å². The van der Waals surface area contributed by atoms with Crippen molar-refractivity contribution < 1.29 is 24.5 Å². The predicted octanol–water partition coefficient (Wildman–Crippen LogP) is 2.56. The van der Waals surface area contributed by atoms with E-state index < -0.39 is 18.0 Å². The third kappa shape index (κ3) is 5.38. The van der Waals surface area contributed by atoms with Gasteiger partial charge in [-0.1, -0.05) is 6.07 Å². The van der Waals surface area contributed by atoms with Crippen molar-refractivity contribution in [3.8, 4) is 11.4 Å². The number of ether oxygens (including phenoxy) is 2. The number of carboxylic acid groups (broad SMARTS) is 1. The number of carboxylic acids is 1. The number of hydrogen-bond donors (Lipinski definition) is 2. The Labute approximate surface area is 198 Å². The van der Waals surface area contributed by atoms with Crippen LogP contribution in [-0.4, -0.2) is 63.8 Å². The summed E-state index contributed by atoms with van der Waals surface area (Å²) in [6.45, 7) is 4.09. The van der Waals surface area contributed by atoms with Gasteiger partial charge < -0.3 is 28.8 Å². The molecule has 9 heteroatoms. The van der Waals surface area contributed by atoms with Gasteiger partial charge in [0.15, 0.2) is 0 Å². The molecule has 0 radical (unpaired) electrons. The van der Waals surface area contributed by atoms with Crippen LogP contribution in [-0.2, 0) is 27.7 Å². The molecule has 2 N–H and O–H groups in total. The van der Waals surface area contributed by atoms with Gasteiger partial charge in [-0.3, -0.25) is 9.59 Å². The van der Waals surface area contributed by atoms with Crippen LogP contribution in [0.25, 0.3) is 22.4 Å². The van der Waals surface area contributed by atoms with Crippen molar-refractivity contribution >= 4 is 17.0 Å². The van der Waals surface area contributed by atoms with Crippen molar-refractivity contribution in [1.29, 1.82) is 0 Å². The first-order valence-electron chi connectivity index (χ1n) is 11.2. The van der Waals surface area contributed by atoms with Crippen LogP contribution < -0.4 is 5.56 Å². The summed E-state index contributed by atoms with van der Waals surface area (Å²) in [6, 6.07) is 7.55.